The zero-order valence-electron chi connectivity index (χ0n) is 33.0. The highest BCUT2D eigenvalue weighted by Gasteiger charge is 2.23. The zero-order valence-corrected chi connectivity index (χ0v) is 33.0. The van der Waals surface area contributed by atoms with E-state index in [0.29, 0.717) is 5.84 Å². The van der Waals surface area contributed by atoms with E-state index in [0.717, 1.165) is 94.1 Å². The number of furan rings is 1. The first-order valence-corrected chi connectivity index (χ1v) is 20.6. The minimum atomic E-state index is -0.342. The number of hydrogen-bond acceptors (Lipinski definition) is 5. The molecule has 5 nitrogen and oxygen atoms in total. The van der Waals surface area contributed by atoms with E-state index in [1.54, 1.807) is 0 Å². The molecule has 1 aliphatic heterocycles. The van der Waals surface area contributed by atoms with E-state index >= 15 is 0 Å². The Bertz CT molecular complexity index is 3550. The average Bonchev–Trinajstić information content (AvgIpc) is 3.73. The van der Waals surface area contributed by atoms with Crippen molar-refractivity contribution in [1.29, 1.82) is 0 Å². The number of hydrogen-bond donors (Lipinski definition) is 1. The zero-order chi connectivity index (χ0) is 40.3. The summed E-state index contributed by atoms with van der Waals surface area (Å²) in [6.45, 7) is 0. The molecule has 1 atom stereocenters. The van der Waals surface area contributed by atoms with Gasteiger partial charge in [0.15, 0.2) is 5.84 Å². The standard InChI is InChI=1S/C56H36N4O/c1-3-15-37(16-4-1)51-48-33-32-46-45-26-13-25-44(52(45)61-53(46)50(48)47-23-9-10-27-49(47)57-51)36-28-30-39(31-29-36)55-58-54(38-17-5-2-6-18-38)59-56(60-55)41-21-11-20-40(34-41)43-24-12-19-35-14-7-8-22-42(35)43/h1-34,56H,(H,58,59,60). The third kappa shape index (κ3) is 5.97. The van der Waals surface area contributed by atoms with Gasteiger partial charge in [-0.25, -0.2) is 15.0 Å². The molecule has 1 aliphatic rings. The molecule has 61 heavy (non-hydrogen) atoms. The molecule has 11 aromatic rings. The number of rotatable bonds is 6. The van der Waals surface area contributed by atoms with Crippen LogP contribution in [0.15, 0.2) is 221 Å². The van der Waals surface area contributed by atoms with Gasteiger partial charge in [-0.05, 0) is 51.2 Å². The molecule has 286 valence electrons. The largest absolute Gasteiger partial charge is 0.455 e. The van der Waals surface area contributed by atoms with Crippen LogP contribution < -0.4 is 5.32 Å². The number of fused-ring (bicyclic) bond motifs is 8. The maximum Gasteiger partial charge on any atom is 0.159 e. The quantitative estimate of drug-likeness (QED) is 0.171. The third-order valence-electron chi connectivity index (χ3n) is 11.9. The van der Waals surface area contributed by atoms with Crippen molar-refractivity contribution in [2.24, 2.45) is 9.98 Å². The lowest BCUT2D eigenvalue weighted by Crippen LogP contribution is -2.33. The third-order valence-corrected chi connectivity index (χ3v) is 11.9. The van der Waals surface area contributed by atoms with Gasteiger partial charge >= 0.3 is 0 Å². The molecular weight excluding hydrogens is 745 g/mol. The maximum absolute atomic E-state index is 7.01. The fourth-order valence-corrected chi connectivity index (χ4v) is 8.98. The second-order valence-corrected chi connectivity index (χ2v) is 15.5. The van der Waals surface area contributed by atoms with Gasteiger partial charge in [-0.1, -0.05) is 188 Å². The van der Waals surface area contributed by atoms with Gasteiger partial charge in [-0.3, -0.25) is 0 Å². The van der Waals surface area contributed by atoms with Gasteiger partial charge < -0.3 is 9.73 Å². The lowest BCUT2D eigenvalue weighted by atomic mass is 9.96. The minimum absolute atomic E-state index is 0.342. The summed E-state index contributed by atoms with van der Waals surface area (Å²) < 4.78 is 7.01. The van der Waals surface area contributed by atoms with Crippen molar-refractivity contribution >= 4 is 66.1 Å². The predicted octanol–water partition coefficient (Wildman–Crippen LogP) is 13.9. The Balaban J connectivity index is 0.954. The molecule has 0 amide bonds. The number of amidine groups is 2. The first-order chi connectivity index (χ1) is 30.2. The van der Waals surface area contributed by atoms with E-state index in [9.17, 15) is 0 Å². The lowest BCUT2D eigenvalue weighted by Gasteiger charge is -2.24. The van der Waals surface area contributed by atoms with Gasteiger partial charge in [-0.15, -0.1) is 0 Å². The van der Waals surface area contributed by atoms with Crippen molar-refractivity contribution in [2.45, 2.75) is 6.17 Å². The summed E-state index contributed by atoms with van der Waals surface area (Å²) in [5.41, 5.74) is 12.1. The summed E-state index contributed by atoms with van der Waals surface area (Å²) in [5, 5.41) is 11.5. The fourth-order valence-electron chi connectivity index (χ4n) is 8.98. The smallest absolute Gasteiger partial charge is 0.159 e. The Morgan fingerprint density at radius 2 is 1.05 bits per heavy atom. The molecule has 5 heteroatoms. The highest BCUT2D eigenvalue weighted by Crippen LogP contribution is 2.43. The number of para-hydroxylation sites is 2. The van der Waals surface area contributed by atoms with E-state index < -0.39 is 0 Å². The fraction of sp³-hybridized carbons (Fsp3) is 0.0179. The minimum Gasteiger partial charge on any atom is -0.455 e. The Morgan fingerprint density at radius 1 is 0.426 bits per heavy atom. The summed E-state index contributed by atoms with van der Waals surface area (Å²) in [7, 11) is 0. The van der Waals surface area contributed by atoms with Crippen LogP contribution in [0.2, 0.25) is 0 Å². The van der Waals surface area contributed by atoms with Gasteiger partial charge in [0.05, 0.1) is 11.2 Å². The topological polar surface area (TPSA) is 62.8 Å². The van der Waals surface area contributed by atoms with Gasteiger partial charge in [0.2, 0.25) is 0 Å². The molecule has 9 aromatic carbocycles. The molecule has 0 bridgehead atoms. The van der Waals surface area contributed by atoms with Gasteiger partial charge in [0.1, 0.15) is 23.2 Å². The van der Waals surface area contributed by atoms with Crippen LogP contribution in [0.1, 0.15) is 22.9 Å². The molecule has 1 unspecified atom stereocenters. The van der Waals surface area contributed by atoms with Crippen LogP contribution in [0.5, 0.6) is 0 Å². The van der Waals surface area contributed by atoms with Crippen molar-refractivity contribution in [3.63, 3.8) is 0 Å². The second kappa shape index (κ2) is 14.3. The highest BCUT2D eigenvalue weighted by atomic mass is 16.3. The lowest BCUT2D eigenvalue weighted by molar-refractivity contribution is 0.674. The van der Waals surface area contributed by atoms with Crippen molar-refractivity contribution in [3.05, 3.63) is 223 Å². The van der Waals surface area contributed by atoms with Crippen molar-refractivity contribution in [3.8, 4) is 33.5 Å². The Hall–Kier alpha value is -8.15. The van der Waals surface area contributed by atoms with Crippen LogP contribution in [0.3, 0.4) is 0 Å². The molecule has 0 spiro atoms. The first-order valence-electron chi connectivity index (χ1n) is 20.6. The number of nitrogens with zero attached hydrogens (tertiary/aromatic N) is 3. The van der Waals surface area contributed by atoms with E-state index in [-0.39, 0.29) is 6.17 Å². The summed E-state index contributed by atoms with van der Waals surface area (Å²) in [6.07, 6.45) is -0.342. The molecule has 3 heterocycles. The van der Waals surface area contributed by atoms with E-state index in [1.807, 2.05) is 30.3 Å². The number of aromatic nitrogens is 1. The van der Waals surface area contributed by atoms with Crippen LogP contribution in [0.4, 0.5) is 0 Å². The molecular formula is C56H36N4O. The maximum atomic E-state index is 7.01. The highest BCUT2D eigenvalue weighted by molar-refractivity contribution is 6.25. The average molecular weight is 781 g/mol. The summed E-state index contributed by atoms with van der Waals surface area (Å²) in [6, 6.07) is 72.1. The molecule has 0 fully saturated rings. The molecule has 0 saturated carbocycles. The summed E-state index contributed by atoms with van der Waals surface area (Å²) in [5.74, 6) is 1.46. The van der Waals surface area contributed by atoms with E-state index in [4.69, 9.17) is 19.4 Å². The van der Waals surface area contributed by atoms with Crippen LogP contribution >= 0.6 is 0 Å². The summed E-state index contributed by atoms with van der Waals surface area (Å²) in [4.78, 5) is 15.5. The summed E-state index contributed by atoms with van der Waals surface area (Å²) >= 11 is 0. The predicted molar refractivity (Wildman–Crippen MR) is 252 cm³/mol. The molecule has 0 radical (unpaired) electrons. The van der Waals surface area contributed by atoms with Gasteiger partial charge in [0.25, 0.3) is 0 Å². The SMILES string of the molecule is c1ccc(C2=NC(c3ccc(-c4cccc5c4oc4c5ccc5c(-c6ccccc6)nc6ccccc6c54)cc3)=NC(c3cccc(-c4cccc5ccccc45)c3)N2)cc1. The monoisotopic (exact) mass is 780 g/mol. The van der Waals surface area contributed by atoms with Crippen LogP contribution in [-0.4, -0.2) is 16.7 Å². The number of nitrogens with one attached hydrogen (secondary N) is 1. The molecule has 0 aliphatic carbocycles. The number of aliphatic imine (C=N–C) groups is 2. The molecule has 0 saturated heterocycles. The Morgan fingerprint density at radius 3 is 1.90 bits per heavy atom. The van der Waals surface area contributed by atoms with Gasteiger partial charge in [0, 0.05) is 49.2 Å². The molecule has 12 rings (SSSR count). The van der Waals surface area contributed by atoms with E-state index in [1.165, 1.54) is 16.3 Å². The van der Waals surface area contributed by atoms with Gasteiger partial charge in [-0.2, -0.15) is 0 Å². The van der Waals surface area contributed by atoms with Crippen molar-refractivity contribution in [1.82, 2.24) is 10.3 Å². The van der Waals surface area contributed by atoms with Crippen LogP contribution in [-0.2, 0) is 0 Å². The van der Waals surface area contributed by atoms with E-state index in [2.05, 4.69) is 181 Å². The number of benzene rings is 9. The molecule has 2 aromatic heterocycles. The first kappa shape index (κ1) is 34.9. The Labute approximate surface area is 352 Å². The Kier molecular flexibility index (Phi) is 8.17. The van der Waals surface area contributed by atoms with Crippen molar-refractivity contribution in [2.75, 3.05) is 0 Å². The van der Waals surface area contributed by atoms with Crippen LogP contribution in [0.25, 0.3) is 87.9 Å². The van der Waals surface area contributed by atoms with Crippen LogP contribution in [0, 0.1) is 0 Å². The second-order valence-electron chi connectivity index (χ2n) is 15.5. The molecule has 1 N–H and O–H groups in total. The normalized spacial score (nSPS) is 14.1. The van der Waals surface area contributed by atoms with Crippen molar-refractivity contribution < 1.29 is 4.42 Å². The number of pyridine rings is 1.